The predicted octanol–water partition coefficient (Wildman–Crippen LogP) is 5.43. The third kappa shape index (κ3) is 4.26. The van der Waals surface area contributed by atoms with E-state index < -0.39 is 0 Å². The summed E-state index contributed by atoms with van der Waals surface area (Å²) in [5, 5.41) is 0. The van der Waals surface area contributed by atoms with E-state index >= 15 is 0 Å². The van der Waals surface area contributed by atoms with E-state index in [2.05, 4.69) is 82.6 Å². The van der Waals surface area contributed by atoms with E-state index in [1.54, 1.807) is 7.11 Å². The Morgan fingerprint density at radius 1 is 0.935 bits per heavy atom. The summed E-state index contributed by atoms with van der Waals surface area (Å²) < 4.78 is 11.4. The predicted molar refractivity (Wildman–Crippen MR) is 126 cm³/mol. The van der Waals surface area contributed by atoms with Crippen LogP contribution in [0.3, 0.4) is 0 Å². The van der Waals surface area contributed by atoms with Gasteiger partial charge in [-0.3, -0.25) is 4.90 Å². The molecule has 5 rings (SSSR count). The van der Waals surface area contributed by atoms with Crippen LogP contribution >= 0.6 is 0 Å². The van der Waals surface area contributed by atoms with Crippen LogP contribution in [-0.2, 0) is 13.0 Å². The molecule has 1 atom stereocenters. The Hall–Kier alpha value is -2.98. The van der Waals surface area contributed by atoms with Crippen molar-refractivity contribution in [3.63, 3.8) is 0 Å². The van der Waals surface area contributed by atoms with Crippen molar-refractivity contribution in [1.82, 2.24) is 4.90 Å². The minimum atomic E-state index is 0.539. The summed E-state index contributed by atoms with van der Waals surface area (Å²) in [7, 11) is 1.72. The van der Waals surface area contributed by atoms with Gasteiger partial charge in [0.1, 0.15) is 18.1 Å². The molecule has 2 aliphatic rings. The molecule has 0 aliphatic carbocycles. The largest absolute Gasteiger partial charge is 0.497 e. The molecule has 0 aromatic heterocycles. The SMILES string of the molecule is COc1ccc(CCN2CCC[C@H]2CN2c3ccccc3COc3ccccc32)cc1. The van der Waals surface area contributed by atoms with Crippen molar-refractivity contribution in [1.29, 1.82) is 0 Å². The highest BCUT2D eigenvalue weighted by molar-refractivity contribution is 5.72. The van der Waals surface area contributed by atoms with Gasteiger partial charge in [-0.15, -0.1) is 0 Å². The molecule has 0 saturated carbocycles. The number of methoxy groups -OCH3 is 1. The number of anilines is 2. The lowest BCUT2D eigenvalue weighted by molar-refractivity contribution is 0.261. The van der Waals surface area contributed by atoms with E-state index in [1.165, 1.54) is 41.9 Å². The third-order valence-corrected chi connectivity index (χ3v) is 6.56. The maximum absolute atomic E-state index is 6.16. The Labute approximate surface area is 185 Å². The molecule has 160 valence electrons. The number of hydrogen-bond donors (Lipinski definition) is 0. The fourth-order valence-electron chi connectivity index (χ4n) is 4.85. The first-order valence-corrected chi connectivity index (χ1v) is 11.3. The molecule has 0 unspecified atom stereocenters. The minimum Gasteiger partial charge on any atom is -0.497 e. The summed E-state index contributed by atoms with van der Waals surface area (Å²) in [5.74, 6) is 1.89. The Bertz CT molecular complexity index is 970. The number of ether oxygens (including phenoxy) is 2. The topological polar surface area (TPSA) is 24.9 Å². The highest BCUT2D eigenvalue weighted by atomic mass is 16.5. The quantitative estimate of drug-likeness (QED) is 0.537. The average molecular weight is 415 g/mol. The summed E-state index contributed by atoms with van der Waals surface area (Å²) in [6.07, 6.45) is 3.57. The zero-order valence-corrected chi connectivity index (χ0v) is 18.2. The van der Waals surface area contributed by atoms with Crippen LogP contribution in [-0.4, -0.2) is 37.7 Å². The number of fused-ring (bicyclic) bond motifs is 2. The Balaban J connectivity index is 1.34. The van der Waals surface area contributed by atoms with Gasteiger partial charge in [0.15, 0.2) is 0 Å². The third-order valence-electron chi connectivity index (χ3n) is 6.56. The van der Waals surface area contributed by atoms with Gasteiger partial charge in [0.2, 0.25) is 0 Å². The molecule has 31 heavy (non-hydrogen) atoms. The van der Waals surface area contributed by atoms with Crippen molar-refractivity contribution in [2.75, 3.05) is 31.6 Å². The lowest BCUT2D eigenvalue weighted by atomic mass is 10.1. The second kappa shape index (κ2) is 9.03. The van der Waals surface area contributed by atoms with Gasteiger partial charge >= 0.3 is 0 Å². The van der Waals surface area contributed by atoms with Crippen LogP contribution in [0.15, 0.2) is 72.8 Å². The highest BCUT2D eigenvalue weighted by Crippen LogP contribution is 2.40. The van der Waals surface area contributed by atoms with E-state index in [9.17, 15) is 0 Å². The van der Waals surface area contributed by atoms with Crippen LogP contribution in [0.5, 0.6) is 11.5 Å². The molecule has 0 bridgehead atoms. The monoisotopic (exact) mass is 414 g/mol. The van der Waals surface area contributed by atoms with Gasteiger partial charge in [-0.05, 0) is 61.7 Å². The van der Waals surface area contributed by atoms with E-state index in [0.29, 0.717) is 12.6 Å². The molecule has 4 nitrogen and oxygen atoms in total. The second-order valence-electron chi connectivity index (χ2n) is 8.43. The lowest BCUT2D eigenvalue weighted by Gasteiger charge is -2.32. The van der Waals surface area contributed by atoms with E-state index in [1.807, 2.05) is 0 Å². The van der Waals surface area contributed by atoms with Crippen molar-refractivity contribution in [3.05, 3.63) is 83.9 Å². The summed E-state index contributed by atoms with van der Waals surface area (Å²) in [5.41, 5.74) is 5.07. The molecule has 1 fully saturated rings. The van der Waals surface area contributed by atoms with E-state index in [4.69, 9.17) is 9.47 Å². The molecule has 0 N–H and O–H groups in total. The average Bonchev–Trinajstić information content (AvgIpc) is 3.21. The van der Waals surface area contributed by atoms with Crippen LogP contribution < -0.4 is 14.4 Å². The van der Waals surface area contributed by atoms with Crippen molar-refractivity contribution < 1.29 is 9.47 Å². The molecule has 2 heterocycles. The molecule has 4 heteroatoms. The first-order valence-electron chi connectivity index (χ1n) is 11.3. The maximum atomic E-state index is 6.16. The van der Waals surface area contributed by atoms with Crippen molar-refractivity contribution in [2.24, 2.45) is 0 Å². The standard InChI is InChI=1S/C27H30N2O2/c1-30-24-14-12-21(13-15-24)16-18-28-17-6-8-23(28)19-29-25-9-3-2-7-22(25)20-31-27-11-5-4-10-26(27)29/h2-5,7,9-15,23H,6,8,16-20H2,1H3/t23-/m0/s1. The molecule has 0 spiro atoms. The van der Waals surface area contributed by atoms with Gasteiger partial charge < -0.3 is 14.4 Å². The molecule has 0 radical (unpaired) electrons. The van der Waals surface area contributed by atoms with Crippen LogP contribution in [0.25, 0.3) is 0 Å². The summed E-state index contributed by atoms with van der Waals surface area (Å²) in [6.45, 7) is 3.87. The highest BCUT2D eigenvalue weighted by Gasteiger charge is 2.29. The maximum Gasteiger partial charge on any atom is 0.143 e. The summed E-state index contributed by atoms with van der Waals surface area (Å²) in [6, 6.07) is 26.1. The Morgan fingerprint density at radius 2 is 1.71 bits per heavy atom. The fourth-order valence-corrected chi connectivity index (χ4v) is 4.85. The smallest absolute Gasteiger partial charge is 0.143 e. The van der Waals surface area contributed by atoms with Crippen LogP contribution in [0.4, 0.5) is 11.4 Å². The number of likely N-dealkylation sites (tertiary alicyclic amines) is 1. The van der Waals surface area contributed by atoms with Crippen molar-refractivity contribution in [3.8, 4) is 11.5 Å². The number of hydrogen-bond acceptors (Lipinski definition) is 4. The van der Waals surface area contributed by atoms with Crippen molar-refractivity contribution in [2.45, 2.75) is 31.9 Å². The van der Waals surface area contributed by atoms with Crippen LogP contribution in [0.1, 0.15) is 24.0 Å². The molecule has 3 aromatic carbocycles. The second-order valence-corrected chi connectivity index (χ2v) is 8.43. The minimum absolute atomic E-state index is 0.539. The van der Waals surface area contributed by atoms with Gasteiger partial charge in [-0.2, -0.15) is 0 Å². The Kier molecular flexibility index (Phi) is 5.81. The van der Waals surface area contributed by atoms with Gasteiger partial charge in [0.05, 0.1) is 12.8 Å². The number of benzene rings is 3. The first-order chi connectivity index (χ1) is 15.3. The normalized spacial score (nSPS) is 18.1. The molecule has 1 saturated heterocycles. The summed E-state index contributed by atoms with van der Waals surface area (Å²) in [4.78, 5) is 5.15. The van der Waals surface area contributed by atoms with Gasteiger partial charge in [0.25, 0.3) is 0 Å². The molecule has 3 aromatic rings. The van der Waals surface area contributed by atoms with E-state index in [-0.39, 0.29) is 0 Å². The number of rotatable bonds is 6. The van der Waals surface area contributed by atoms with Crippen LogP contribution in [0.2, 0.25) is 0 Å². The van der Waals surface area contributed by atoms with Gasteiger partial charge in [-0.25, -0.2) is 0 Å². The molecule has 0 amide bonds. The van der Waals surface area contributed by atoms with E-state index in [0.717, 1.165) is 31.0 Å². The number of nitrogens with zero attached hydrogens (tertiary/aromatic N) is 2. The lowest BCUT2D eigenvalue weighted by Crippen LogP contribution is -2.39. The van der Waals surface area contributed by atoms with Crippen molar-refractivity contribution >= 4 is 11.4 Å². The molecular weight excluding hydrogens is 384 g/mol. The Morgan fingerprint density at radius 3 is 2.55 bits per heavy atom. The first kappa shape index (κ1) is 20.0. The van der Waals surface area contributed by atoms with Gasteiger partial charge in [0, 0.05) is 30.4 Å². The molecule has 2 aliphatic heterocycles. The fraction of sp³-hybridized carbons (Fsp3) is 0.333. The number of para-hydroxylation sites is 3. The zero-order valence-electron chi connectivity index (χ0n) is 18.2. The molecular formula is C27H30N2O2. The van der Waals surface area contributed by atoms with Gasteiger partial charge in [-0.1, -0.05) is 42.5 Å². The van der Waals surface area contributed by atoms with Crippen LogP contribution in [0, 0.1) is 0 Å². The zero-order chi connectivity index (χ0) is 21.0. The summed E-state index contributed by atoms with van der Waals surface area (Å²) >= 11 is 0.